The molecule has 2 aromatic carbocycles. The number of methoxy groups -OCH3 is 1. The lowest BCUT2D eigenvalue weighted by Gasteiger charge is -2.11. The first-order chi connectivity index (χ1) is 9.60. The normalized spacial score (nSPS) is 12.0. The van der Waals surface area contributed by atoms with Crippen molar-refractivity contribution in [3.8, 4) is 11.5 Å². The van der Waals surface area contributed by atoms with Gasteiger partial charge in [-0.25, -0.2) is 0 Å². The Balaban J connectivity index is 2.03. The Hall–Kier alpha value is -1.71. The van der Waals surface area contributed by atoms with Crippen molar-refractivity contribution in [1.29, 1.82) is 0 Å². The van der Waals surface area contributed by atoms with Crippen LogP contribution in [0.3, 0.4) is 0 Å². The van der Waals surface area contributed by atoms with Crippen LogP contribution in [0.1, 0.15) is 24.2 Å². The van der Waals surface area contributed by atoms with Gasteiger partial charge in [-0.2, -0.15) is 0 Å². The summed E-state index contributed by atoms with van der Waals surface area (Å²) >= 11 is 6.13. The maximum atomic E-state index is 9.49. The van der Waals surface area contributed by atoms with Crippen LogP contribution >= 0.6 is 11.6 Å². The van der Waals surface area contributed by atoms with Crippen LogP contribution in [0.15, 0.2) is 42.5 Å². The van der Waals surface area contributed by atoms with Gasteiger partial charge in [0.05, 0.1) is 18.2 Å². The SMILES string of the molecule is COc1ccc(COc2ccc([C@H](C)O)cc2Cl)cc1. The predicted octanol–water partition coefficient (Wildman–Crippen LogP) is 3.98. The molecule has 0 aliphatic carbocycles. The molecule has 1 N–H and O–H groups in total. The van der Waals surface area contributed by atoms with Crippen molar-refractivity contribution in [2.45, 2.75) is 19.6 Å². The quantitative estimate of drug-likeness (QED) is 0.906. The summed E-state index contributed by atoms with van der Waals surface area (Å²) in [5.41, 5.74) is 1.80. The summed E-state index contributed by atoms with van der Waals surface area (Å²) in [6, 6.07) is 12.9. The van der Waals surface area contributed by atoms with Gasteiger partial charge in [-0.1, -0.05) is 29.8 Å². The van der Waals surface area contributed by atoms with Crippen molar-refractivity contribution in [3.05, 3.63) is 58.6 Å². The fourth-order valence-electron chi connectivity index (χ4n) is 1.78. The van der Waals surface area contributed by atoms with Crippen LogP contribution < -0.4 is 9.47 Å². The minimum atomic E-state index is -0.539. The zero-order valence-electron chi connectivity index (χ0n) is 11.5. The topological polar surface area (TPSA) is 38.7 Å². The number of aliphatic hydroxyl groups excluding tert-OH is 1. The van der Waals surface area contributed by atoms with E-state index in [1.807, 2.05) is 24.3 Å². The molecule has 0 unspecified atom stereocenters. The Morgan fingerprint density at radius 1 is 1.15 bits per heavy atom. The second-order valence-corrected chi connectivity index (χ2v) is 4.91. The van der Waals surface area contributed by atoms with Crippen molar-refractivity contribution in [2.24, 2.45) is 0 Å². The molecule has 0 saturated heterocycles. The van der Waals surface area contributed by atoms with Crippen molar-refractivity contribution < 1.29 is 14.6 Å². The van der Waals surface area contributed by atoms with Gasteiger partial charge in [-0.15, -0.1) is 0 Å². The molecule has 2 rings (SSSR count). The largest absolute Gasteiger partial charge is 0.497 e. The van der Waals surface area contributed by atoms with Crippen molar-refractivity contribution in [1.82, 2.24) is 0 Å². The fourth-order valence-corrected chi connectivity index (χ4v) is 2.02. The van der Waals surface area contributed by atoms with Crippen molar-refractivity contribution >= 4 is 11.6 Å². The molecule has 0 aromatic heterocycles. The second-order valence-electron chi connectivity index (χ2n) is 4.50. The summed E-state index contributed by atoms with van der Waals surface area (Å²) in [5, 5.41) is 9.98. The van der Waals surface area contributed by atoms with Crippen LogP contribution in [0.25, 0.3) is 0 Å². The van der Waals surface area contributed by atoms with Crippen LogP contribution in [-0.2, 0) is 6.61 Å². The molecule has 0 spiro atoms. The van der Waals surface area contributed by atoms with Gasteiger partial charge in [-0.05, 0) is 42.3 Å². The van der Waals surface area contributed by atoms with E-state index >= 15 is 0 Å². The molecule has 0 aliphatic rings. The van der Waals surface area contributed by atoms with Crippen LogP contribution in [0.4, 0.5) is 0 Å². The molecule has 3 nitrogen and oxygen atoms in total. The first kappa shape index (κ1) is 14.7. The summed E-state index contributed by atoms with van der Waals surface area (Å²) in [4.78, 5) is 0. The molecule has 0 saturated carbocycles. The van der Waals surface area contributed by atoms with E-state index < -0.39 is 6.10 Å². The standard InChI is InChI=1S/C16H17ClO3/c1-11(18)13-5-8-16(15(17)9-13)20-10-12-3-6-14(19-2)7-4-12/h3-9,11,18H,10H2,1-2H3/t11-/m0/s1. The Bertz CT molecular complexity index is 564. The Morgan fingerprint density at radius 3 is 2.40 bits per heavy atom. The first-order valence-electron chi connectivity index (χ1n) is 6.33. The molecule has 106 valence electrons. The second kappa shape index (κ2) is 6.64. The first-order valence-corrected chi connectivity index (χ1v) is 6.71. The third-order valence-corrected chi connectivity index (χ3v) is 3.29. The molecule has 0 radical (unpaired) electrons. The Kier molecular flexibility index (Phi) is 4.88. The van der Waals surface area contributed by atoms with Gasteiger partial charge in [0.2, 0.25) is 0 Å². The van der Waals surface area contributed by atoms with Gasteiger partial charge in [0.15, 0.2) is 0 Å². The lowest BCUT2D eigenvalue weighted by atomic mass is 10.1. The number of ether oxygens (including phenoxy) is 2. The molecule has 0 heterocycles. The Labute approximate surface area is 123 Å². The number of benzene rings is 2. The highest BCUT2D eigenvalue weighted by atomic mass is 35.5. The molecule has 20 heavy (non-hydrogen) atoms. The lowest BCUT2D eigenvalue weighted by Crippen LogP contribution is -1.97. The van der Waals surface area contributed by atoms with E-state index in [1.54, 1.807) is 32.2 Å². The highest BCUT2D eigenvalue weighted by Crippen LogP contribution is 2.28. The van der Waals surface area contributed by atoms with Crippen LogP contribution in [-0.4, -0.2) is 12.2 Å². The highest BCUT2D eigenvalue weighted by Gasteiger charge is 2.07. The van der Waals surface area contributed by atoms with Crippen molar-refractivity contribution in [2.75, 3.05) is 7.11 Å². The van der Waals surface area contributed by atoms with Crippen LogP contribution in [0, 0.1) is 0 Å². The van der Waals surface area contributed by atoms with E-state index in [2.05, 4.69) is 0 Å². The number of aliphatic hydroxyl groups is 1. The number of hydrogen-bond donors (Lipinski definition) is 1. The van der Waals surface area contributed by atoms with Gasteiger partial charge in [0.1, 0.15) is 18.1 Å². The van der Waals surface area contributed by atoms with E-state index in [-0.39, 0.29) is 0 Å². The molecule has 0 aliphatic heterocycles. The van der Waals surface area contributed by atoms with Crippen LogP contribution in [0.2, 0.25) is 5.02 Å². The average molecular weight is 293 g/mol. The minimum Gasteiger partial charge on any atom is -0.497 e. The smallest absolute Gasteiger partial charge is 0.138 e. The number of rotatable bonds is 5. The van der Waals surface area contributed by atoms with E-state index in [9.17, 15) is 5.11 Å². The zero-order chi connectivity index (χ0) is 14.5. The fraction of sp³-hybridized carbons (Fsp3) is 0.250. The molecule has 2 aromatic rings. The average Bonchev–Trinajstić information content (AvgIpc) is 2.46. The maximum Gasteiger partial charge on any atom is 0.138 e. The summed E-state index contributed by atoms with van der Waals surface area (Å²) in [6.07, 6.45) is -0.539. The number of halogens is 1. The molecule has 4 heteroatoms. The predicted molar refractivity (Wildman–Crippen MR) is 79.4 cm³/mol. The number of hydrogen-bond acceptors (Lipinski definition) is 3. The molecule has 0 bridgehead atoms. The van der Waals surface area contributed by atoms with Gasteiger partial charge in [0, 0.05) is 0 Å². The molecule has 0 fully saturated rings. The molecule has 0 amide bonds. The van der Waals surface area contributed by atoms with E-state index in [1.165, 1.54) is 0 Å². The molecule has 1 atom stereocenters. The molecular formula is C16H17ClO3. The highest BCUT2D eigenvalue weighted by molar-refractivity contribution is 6.32. The maximum absolute atomic E-state index is 9.49. The van der Waals surface area contributed by atoms with Gasteiger partial charge >= 0.3 is 0 Å². The van der Waals surface area contributed by atoms with E-state index in [0.717, 1.165) is 16.9 Å². The van der Waals surface area contributed by atoms with Gasteiger partial charge in [-0.3, -0.25) is 0 Å². The summed E-state index contributed by atoms with van der Waals surface area (Å²) in [5.74, 6) is 1.42. The van der Waals surface area contributed by atoms with Crippen LogP contribution in [0.5, 0.6) is 11.5 Å². The zero-order valence-corrected chi connectivity index (χ0v) is 12.2. The summed E-state index contributed by atoms with van der Waals surface area (Å²) < 4.78 is 10.8. The third kappa shape index (κ3) is 3.65. The Morgan fingerprint density at radius 2 is 1.85 bits per heavy atom. The van der Waals surface area contributed by atoms with Gasteiger partial charge < -0.3 is 14.6 Å². The summed E-state index contributed by atoms with van der Waals surface area (Å²) in [6.45, 7) is 2.13. The molecular weight excluding hydrogens is 276 g/mol. The van der Waals surface area contributed by atoms with Crippen molar-refractivity contribution in [3.63, 3.8) is 0 Å². The van der Waals surface area contributed by atoms with E-state index in [0.29, 0.717) is 17.4 Å². The van der Waals surface area contributed by atoms with E-state index in [4.69, 9.17) is 21.1 Å². The lowest BCUT2D eigenvalue weighted by molar-refractivity contribution is 0.199. The summed E-state index contributed by atoms with van der Waals surface area (Å²) in [7, 11) is 1.63. The van der Waals surface area contributed by atoms with Gasteiger partial charge in [0.25, 0.3) is 0 Å². The minimum absolute atomic E-state index is 0.428. The third-order valence-electron chi connectivity index (χ3n) is 2.99. The monoisotopic (exact) mass is 292 g/mol.